The Bertz CT molecular complexity index is 1040. The lowest BCUT2D eigenvalue weighted by atomic mass is 10.2. The Labute approximate surface area is 137 Å². The van der Waals surface area contributed by atoms with E-state index in [9.17, 15) is 9.59 Å². The van der Waals surface area contributed by atoms with Gasteiger partial charge in [0.1, 0.15) is 10.7 Å². The molecular weight excluding hydrogens is 332 g/mol. The van der Waals surface area contributed by atoms with Crippen LogP contribution in [0, 0.1) is 0 Å². The molecule has 0 spiro atoms. The molecule has 4 aromatic rings. The second-order valence-electron chi connectivity index (χ2n) is 4.84. The van der Waals surface area contributed by atoms with Gasteiger partial charge in [-0.15, -0.1) is 11.3 Å². The van der Waals surface area contributed by atoms with E-state index < -0.39 is 0 Å². The summed E-state index contributed by atoms with van der Waals surface area (Å²) >= 11 is 3.03. The van der Waals surface area contributed by atoms with Gasteiger partial charge in [0.25, 0.3) is 5.91 Å². The fraction of sp³-hybridized carbons (Fsp3) is 0. The summed E-state index contributed by atoms with van der Waals surface area (Å²) in [7, 11) is 0. The molecule has 4 rings (SSSR count). The lowest BCUT2D eigenvalue weighted by Gasteiger charge is -2.02. The third-order valence-electron chi connectivity index (χ3n) is 3.28. The molecule has 0 aliphatic carbocycles. The maximum Gasteiger partial charge on any atom is 0.323 e. The molecule has 0 saturated heterocycles. The molecule has 1 aromatic carbocycles. The van der Waals surface area contributed by atoms with E-state index in [0.717, 1.165) is 10.6 Å². The average Bonchev–Trinajstić information content (AvgIpc) is 3.26. The lowest BCUT2D eigenvalue weighted by Crippen LogP contribution is -2.12. The molecule has 0 bridgehead atoms. The smallest absolute Gasteiger partial charge is 0.321 e. The van der Waals surface area contributed by atoms with E-state index in [2.05, 4.69) is 20.3 Å². The van der Waals surface area contributed by atoms with Gasteiger partial charge in [-0.05, 0) is 29.6 Å². The van der Waals surface area contributed by atoms with Crippen LogP contribution in [-0.2, 0) is 0 Å². The molecule has 3 N–H and O–H groups in total. The van der Waals surface area contributed by atoms with Gasteiger partial charge in [-0.25, -0.2) is 9.78 Å². The number of carbonyl (C=O) groups is 1. The van der Waals surface area contributed by atoms with Gasteiger partial charge in [0.05, 0.1) is 11.0 Å². The van der Waals surface area contributed by atoms with Crippen molar-refractivity contribution >= 4 is 45.3 Å². The van der Waals surface area contributed by atoms with E-state index in [0.29, 0.717) is 22.4 Å². The molecule has 0 atom stereocenters. The van der Waals surface area contributed by atoms with E-state index >= 15 is 0 Å². The van der Waals surface area contributed by atoms with Gasteiger partial charge in [0.2, 0.25) is 0 Å². The van der Waals surface area contributed by atoms with E-state index in [1.54, 1.807) is 34.9 Å². The SMILES string of the molecule is O=C(Nc1ccc2[nH]c(=O)[nH]c2c1)c1csc(-c2ccsc2)n1. The largest absolute Gasteiger partial charge is 0.323 e. The van der Waals surface area contributed by atoms with Crippen molar-refractivity contribution in [3.63, 3.8) is 0 Å². The number of fused-ring (bicyclic) bond motifs is 1. The van der Waals surface area contributed by atoms with Gasteiger partial charge in [-0.1, -0.05) is 0 Å². The Morgan fingerprint density at radius 1 is 1.13 bits per heavy atom. The highest BCUT2D eigenvalue weighted by Crippen LogP contribution is 2.26. The predicted molar refractivity (Wildman–Crippen MR) is 92.3 cm³/mol. The Morgan fingerprint density at radius 2 is 2.00 bits per heavy atom. The van der Waals surface area contributed by atoms with Crippen molar-refractivity contribution in [2.75, 3.05) is 5.32 Å². The molecule has 0 radical (unpaired) electrons. The fourth-order valence-corrected chi connectivity index (χ4v) is 3.71. The molecule has 0 aliphatic rings. The summed E-state index contributed by atoms with van der Waals surface area (Å²) in [6.07, 6.45) is 0. The van der Waals surface area contributed by atoms with Crippen LogP contribution in [0.2, 0.25) is 0 Å². The number of anilines is 1. The van der Waals surface area contributed by atoms with Crippen molar-refractivity contribution in [1.82, 2.24) is 15.0 Å². The molecule has 1 amide bonds. The molecule has 6 nitrogen and oxygen atoms in total. The lowest BCUT2D eigenvalue weighted by molar-refractivity contribution is 0.102. The molecule has 23 heavy (non-hydrogen) atoms. The quantitative estimate of drug-likeness (QED) is 0.533. The van der Waals surface area contributed by atoms with Crippen LogP contribution in [0.15, 0.2) is 45.2 Å². The molecular formula is C15H10N4O2S2. The standard InChI is InChI=1S/C15H10N4O2S2/c20-13(12-7-23-14(17-12)8-3-4-22-6-8)16-9-1-2-10-11(5-9)19-15(21)18-10/h1-7H,(H,16,20)(H2,18,19,21). The Hall–Kier alpha value is -2.71. The molecule has 0 aliphatic heterocycles. The van der Waals surface area contributed by atoms with E-state index in [1.807, 2.05) is 16.8 Å². The monoisotopic (exact) mass is 342 g/mol. The molecule has 3 aromatic heterocycles. The van der Waals surface area contributed by atoms with Crippen molar-refractivity contribution in [2.45, 2.75) is 0 Å². The maximum absolute atomic E-state index is 12.3. The average molecular weight is 342 g/mol. The number of thiophene rings is 1. The van der Waals surface area contributed by atoms with Crippen molar-refractivity contribution in [2.24, 2.45) is 0 Å². The summed E-state index contributed by atoms with van der Waals surface area (Å²) < 4.78 is 0. The Kier molecular flexibility index (Phi) is 3.32. The summed E-state index contributed by atoms with van der Waals surface area (Å²) in [4.78, 5) is 33.2. The van der Waals surface area contributed by atoms with Crippen LogP contribution >= 0.6 is 22.7 Å². The van der Waals surface area contributed by atoms with E-state index in [4.69, 9.17) is 0 Å². The number of nitrogens with zero attached hydrogens (tertiary/aromatic N) is 1. The molecule has 0 saturated carbocycles. The van der Waals surface area contributed by atoms with Gasteiger partial charge in [0.15, 0.2) is 0 Å². The number of aromatic nitrogens is 3. The fourth-order valence-electron chi connectivity index (χ4n) is 2.20. The Morgan fingerprint density at radius 3 is 2.83 bits per heavy atom. The van der Waals surface area contributed by atoms with Crippen molar-refractivity contribution in [1.29, 1.82) is 0 Å². The highest BCUT2D eigenvalue weighted by Gasteiger charge is 2.13. The third kappa shape index (κ3) is 2.69. The minimum Gasteiger partial charge on any atom is -0.321 e. The van der Waals surface area contributed by atoms with Crippen molar-refractivity contribution < 1.29 is 4.79 Å². The van der Waals surface area contributed by atoms with Crippen LogP contribution < -0.4 is 11.0 Å². The minimum absolute atomic E-state index is 0.275. The van der Waals surface area contributed by atoms with E-state index in [-0.39, 0.29) is 11.6 Å². The van der Waals surface area contributed by atoms with Crippen molar-refractivity contribution in [3.05, 3.63) is 56.6 Å². The van der Waals surface area contributed by atoms with Crippen LogP contribution in [-0.4, -0.2) is 20.9 Å². The normalized spacial score (nSPS) is 11.0. The minimum atomic E-state index is -0.278. The Balaban J connectivity index is 1.57. The summed E-state index contributed by atoms with van der Waals surface area (Å²) in [6, 6.07) is 7.15. The van der Waals surface area contributed by atoms with Gasteiger partial charge in [-0.2, -0.15) is 11.3 Å². The number of benzene rings is 1. The number of rotatable bonds is 3. The van der Waals surface area contributed by atoms with Gasteiger partial charge < -0.3 is 15.3 Å². The molecule has 0 unspecified atom stereocenters. The van der Waals surface area contributed by atoms with Gasteiger partial charge in [0, 0.05) is 22.0 Å². The summed E-state index contributed by atoms with van der Waals surface area (Å²) in [5.74, 6) is -0.278. The number of hydrogen-bond donors (Lipinski definition) is 3. The van der Waals surface area contributed by atoms with E-state index in [1.165, 1.54) is 11.3 Å². The number of aromatic amines is 2. The first-order chi connectivity index (χ1) is 11.2. The molecule has 114 valence electrons. The topological polar surface area (TPSA) is 90.6 Å². The maximum atomic E-state index is 12.3. The second kappa shape index (κ2) is 5.49. The van der Waals surface area contributed by atoms with Crippen LogP contribution in [0.1, 0.15) is 10.5 Å². The third-order valence-corrected chi connectivity index (χ3v) is 4.85. The zero-order valence-corrected chi connectivity index (χ0v) is 13.3. The zero-order chi connectivity index (χ0) is 15.8. The zero-order valence-electron chi connectivity index (χ0n) is 11.6. The van der Waals surface area contributed by atoms with Gasteiger partial charge >= 0.3 is 5.69 Å². The highest BCUT2D eigenvalue weighted by molar-refractivity contribution is 7.14. The summed E-state index contributed by atoms with van der Waals surface area (Å²) in [5.41, 5.74) is 3.06. The molecule has 8 heteroatoms. The highest BCUT2D eigenvalue weighted by atomic mass is 32.1. The van der Waals surface area contributed by atoms with Gasteiger partial charge in [-0.3, -0.25) is 4.79 Å². The number of carbonyl (C=O) groups excluding carboxylic acids is 1. The van der Waals surface area contributed by atoms with Crippen LogP contribution in [0.3, 0.4) is 0 Å². The van der Waals surface area contributed by atoms with Crippen LogP contribution in [0.5, 0.6) is 0 Å². The van der Waals surface area contributed by atoms with Crippen molar-refractivity contribution in [3.8, 4) is 10.6 Å². The first kappa shape index (κ1) is 13.9. The number of hydrogen-bond acceptors (Lipinski definition) is 5. The number of imidazole rings is 1. The van der Waals surface area contributed by atoms with Crippen LogP contribution in [0.4, 0.5) is 5.69 Å². The van der Waals surface area contributed by atoms with Crippen LogP contribution in [0.25, 0.3) is 21.6 Å². The second-order valence-corrected chi connectivity index (χ2v) is 6.48. The molecule has 0 fully saturated rings. The number of H-pyrrole nitrogens is 2. The number of nitrogens with one attached hydrogen (secondary N) is 3. The predicted octanol–water partition coefficient (Wildman–Crippen LogP) is 3.29. The number of amides is 1. The first-order valence-corrected chi connectivity index (χ1v) is 8.53. The molecule has 3 heterocycles. The first-order valence-electron chi connectivity index (χ1n) is 6.70. The summed E-state index contributed by atoms with van der Waals surface area (Å²) in [6.45, 7) is 0. The number of thiazole rings is 1. The summed E-state index contributed by atoms with van der Waals surface area (Å²) in [5, 5.41) is 9.32.